The number of unbranched alkanes of at least 4 members (excludes halogenated alkanes) is 1. The third-order valence-electron chi connectivity index (χ3n) is 4.63. The number of amides is 1. The maximum Gasteiger partial charge on any atom is 0.252 e. The van der Waals surface area contributed by atoms with Crippen molar-refractivity contribution in [2.24, 2.45) is 0 Å². The van der Waals surface area contributed by atoms with Crippen molar-refractivity contribution in [1.29, 1.82) is 0 Å². The van der Waals surface area contributed by atoms with Crippen LogP contribution in [0.3, 0.4) is 0 Å². The van der Waals surface area contributed by atoms with Gasteiger partial charge < -0.3 is 4.90 Å². The molecule has 1 unspecified atom stereocenters. The van der Waals surface area contributed by atoms with Crippen molar-refractivity contribution < 1.29 is 13.2 Å². The first kappa shape index (κ1) is 21.0. The Kier molecular flexibility index (Phi) is 7.78. The predicted molar refractivity (Wildman–Crippen MR) is 114 cm³/mol. The van der Waals surface area contributed by atoms with Gasteiger partial charge in [-0.15, -0.1) is 11.3 Å². The number of halogens is 1. The Morgan fingerprint density at radius 3 is 2.58 bits per heavy atom. The number of carbonyl (C=O) groups excluding carboxylic acids is 1. The molecule has 0 spiro atoms. The molecular formula is C16H23BrN2O3S4. The largest absolute Gasteiger partial charge is 0.340 e. The van der Waals surface area contributed by atoms with E-state index in [4.69, 9.17) is 0 Å². The summed E-state index contributed by atoms with van der Waals surface area (Å²) in [6.45, 7) is 1.72. The summed E-state index contributed by atoms with van der Waals surface area (Å²) in [6.07, 6.45) is 5.11. The van der Waals surface area contributed by atoms with E-state index in [1.165, 1.54) is 34.2 Å². The third-order valence-corrected chi connectivity index (χ3v) is 11.6. The molecule has 5 nitrogen and oxygen atoms in total. The standard InChI is InChI=1S/C16H23BrN2O3S4/c17-14-5-6-16(24-14)26(21,22)19-10-8-18(9-11-19)15(20)4-2-1-3-13-7-12-23-25-13/h5-6,13H,1-4,7-12H2. The van der Waals surface area contributed by atoms with E-state index in [1.807, 2.05) is 26.5 Å². The second kappa shape index (κ2) is 9.65. The molecule has 0 aliphatic carbocycles. The zero-order valence-corrected chi connectivity index (χ0v) is 19.3. The molecule has 2 fully saturated rings. The second-order valence-electron chi connectivity index (χ2n) is 6.42. The molecule has 2 saturated heterocycles. The van der Waals surface area contributed by atoms with Gasteiger partial charge in [0.05, 0.1) is 3.79 Å². The van der Waals surface area contributed by atoms with Crippen molar-refractivity contribution in [3.8, 4) is 0 Å². The minimum Gasteiger partial charge on any atom is -0.340 e. The van der Waals surface area contributed by atoms with Gasteiger partial charge in [0.1, 0.15) is 4.21 Å². The number of piperazine rings is 1. The Bertz CT molecular complexity index is 711. The number of rotatable bonds is 7. The number of nitrogens with zero attached hydrogens (tertiary/aromatic N) is 2. The summed E-state index contributed by atoms with van der Waals surface area (Å²) in [4.78, 5) is 14.2. The van der Waals surface area contributed by atoms with Crippen molar-refractivity contribution in [2.45, 2.75) is 41.6 Å². The summed E-state index contributed by atoms with van der Waals surface area (Å²) in [5, 5.41) is 0.765. The van der Waals surface area contributed by atoms with Gasteiger partial charge in [0.15, 0.2) is 0 Å². The van der Waals surface area contributed by atoms with Gasteiger partial charge in [0.2, 0.25) is 5.91 Å². The quantitative estimate of drug-likeness (QED) is 0.419. The SMILES string of the molecule is O=C(CCCCC1CCSS1)N1CCN(S(=O)(=O)c2ccc(Br)s2)CC1. The monoisotopic (exact) mass is 498 g/mol. The highest BCUT2D eigenvalue weighted by Crippen LogP contribution is 2.39. The Morgan fingerprint density at radius 1 is 1.19 bits per heavy atom. The maximum absolute atomic E-state index is 12.6. The zero-order chi connectivity index (χ0) is 18.6. The molecule has 0 aromatic carbocycles. The van der Waals surface area contributed by atoms with E-state index in [2.05, 4.69) is 15.9 Å². The fraction of sp³-hybridized carbons (Fsp3) is 0.688. The Balaban J connectivity index is 1.40. The summed E-state index contributed by atoms with van der Waals surface area (Å²) in [5.74, 6) is 1.42. The number of thiophene rings is 1. The van der Waals surface area contributed by atoms with Gasteiger partial charge in [-0.1, -0.05) is 28.0 Å². The van der Waals surface area contributed by atoms with Gasteiger partial charge in [-0.3, -0.25) is 4.79 Å². The van der Waals surface area contributed by atoms with Crippen molar-refractivity contribution in [2.75, 3.05) is 31.9 Å². The molecule has 0 bridgehead atoms. The van der Waals surface area contributed by atoms with Crippen LogP contribution in [0.1, 0.15) is 32.1 Å². The lowest BCUT2D eigenvalue weighted by atomic mass is 10.1. The summed E-state index contributed by atoms with van der Waals surface area (Å²) in [7, 11) is 0.504. The highest BCUT2D eigenvalue weighted by molar-refractivity contribution is 9.11. The van der Waals surface area contributed by atoms with E-state index in [-0.39, 0.29) is 5.91 Å². The summed E-state index contributed by atoms with van der Waals surface area (Å²) in [5.41, 5.74) is 0. The van der Waals surface area contributed by atoms with Crippen LogP contribution in [0.2, 0.25) is 0 Å². The Hall–Kier alpha value is 0.260. The van der Waals surface area contributed by atoms with E-state index >= 15 is 0 Å². The van der Waals surface area contributed by atoms with Gasteiger partial charge in [-0.25, -0.2) is 8.42 Å². The van der Waals surface area contributed by atoms with Crippen LogP contribution in [0.15, 0.2) is 20.1 Å². The minimum atomic E-state index is -3.44. The topological polar surface area (TPSA) is 57.7 Å². The molecule has 2 aliphatic heterocycles. The fourth-order valence-corrected chi connectivity index (χ4v) is 9.73. The zero-order valence-electron chi connectivity index (χ0n) is 14.4. The lowest BCUT2D eigenvalue weighted by Gasteiger charge is -2.33. The van der Waals surface area contributed by atoms with Crippen LogP contribution >= 0.6 is 48.9 Å². The van der Waals surface area contributed by atoms with Crippen LogP contribution in [0, 0.1) is 0 Å². The summed E-state index contributed by atoms with van der Waals surface area (Å²) >= 11 is 4.53. The van der Waals surface area contributed by atoms with Crippen LogP contribution in [0.25, 0.3) is 0 Å². The first-order valence-electron chi connectivity index (χ1n) is 8.78. The number of hydrogen-bond donors (Lipinski definition) is 0. The molecule has 26 heavy (non-hydrogen) atoms. The molecule has 0 N–H and O–H groups in total. The molecule has 1 atom stereocenters. The van der Waals surface area contributed by atoms with Gasteiger partial charge in [0, 0.05) is 43.6 Å². The Morgan fingerprint density at radius 2 is 1.96 bits per heavy atom. The van der Waals surface area contributed by atoms with E-state index in [1.54, 1.807) is 12.1 Å². The van der Waals surface area contributed by atoms with Crippen molar-refractivity contribution in [3.05, 3.63) is 15.9 Å². The van der Waals surface area contributed by atoms with Gasteiger partial charge in [-0.2, -0.15) is 4.31 Å². The van der Waals surface area contributed by atoms with Crippen molar-refractivity contribution in [3.63, 3.8) is 0 Å². The van der Waals surface area contributed by atoms with Crippen LogP contribution in [0.5, 0.6) is 0 Å². The molecule has 10 heteroatoms. The lowest BCUT2D eigenvalue weighted by molar-refractivity contribution is -0.132. The molecule has 2 aliphatic rings. The smallest absolute Gasteiger partial charge is 0.252 e. The molecular weight excluding hydrogens is 476 g/mol. The average Bonchev–Trinajstić information content (AvgIpc) is 3.30. The summed E-state index contributed by atoms with van der Waals surface area (Å²) in [6, 6.07) is 3.38. The van der Waals surface area contributed by atoms with Gasteiger partial charge in [0.25, 0.3) is 10.0 Å². The number of carbonyl (C=O) groups is 1. The van der Waals surface area contributed by atoms with E-state index in [0.29, 0.717) is 36.8 Å². The van der Waals surface area contributed by atoms with Gasteiger partial charge >= 0.3 is 0 Å². The van der Waals surface area contributed by atoms with Crippen molar-refractivity contribution >= 4 is 64.8 Å². The molecule has 3 rings (SSSR count). The average molecular weight is 500 g/mol. The van der Waals surface area contributed by atoms with Gasteiger partial charge in [-0.05, 0) is 47.3 Å². The molecule has 3 heterocycles. The number of hydrogen-bond acceptors (Lipinski definition) is 6. The fourth-order valence-electron chi connectivity index (χ4n) is 3.11. The minimum absolute atomic E-state index is 0.161. The normalized spacial score (nSPS) is 22.0. The van der Waals surface area contributed by atoms with E-state index in [0.717, 1.165) is 21.9 Å². The van der Waals surface area contributed by atoms with Crippen molar-refractivity contribution in [1.82, 2.24) is 9.21 Å². The van der Waals surface area contributed by atoms with E-state index in [9.17, 15) is 13.2 Å². The highest BCUT2D eigenvalue weighted by atomic mass is 79.9. The first-order valence-corrected chi connectivity index (χ1v) is 14.2. The van der Waals surface area contributed by atoms with Crippen LogP contribution in [-0.4, -0.2) is 60.7 Å². The first-order chi connectivity index (χ1) is 12.5. The van der Waals surface area contributed by atoms with Crippen LogP contribution < -0.4 is 0 Å². The van der Waals surface area contributed by atoms with Crippen LogP contribution in [-0.2, 0) is 14.8 Å². The predicted octanol–water partition coefficient (Wildman–Crippen LogP) is 4.06. The Labute approximate surface area is 175 Å². The molecule has 0 radical (unpaired) electrons. The van der Waals surface area contributed by atoms with E-state index < -0.39 is 10.0 Å². The lowest BCUT2D eigenvalue weighted by Crippen LogP contribution is -2.50. The van der Waals surface area contributed by atoms with Crippen LogP contribution in [0.4, 0.5) is 0 Å². The maximum atomic E-state index is 12.6. The molecule has 1 amide bonds. The third kappa shape index (κ3) is 5.41. The molecule has 146 valence electrons. The molecule has 0 saturated carbocycles. The molecule has 1 aromatic heterocycles. The number of sulfonamides is 1. The summed E-state index contributed by atoms with van der Waals surface area (Å²) < 4.78 is 27.9. The highest BCUT2D eigenvalue weighted by Gasteiger charge is 2.30. The molecule has 1 aromatic rings. The second-order valence-corrected chi connectivity index (χ2v) is 13.8.